The highest BCUT2D eigenvalue weighted by atomic mass is 32.2. The molecule has 0 saturated heterocycles. The molecule has 33 heavy (non-hydrogen) atoms. The van der Waals surface area contributed by atoms with Crippen LogP contribution < -0.4 is 4.57 Å². The molecule has 160 valence electrons. The van der Waals surface area contributed by atoms with E-state index in [2.05, 4.69) is 91.5 Å². The first kappa shape index (κ1) is 20.3. The average Bonchev–Trinajstić information content (AvgIpc) is 2.80. The summed E-state index contributed by atoms with van der Waals surface area (Å²) in [4.78, 5) is 2.64. The van der Waals surface area contributed by atoms with Gasteiger partial charge in [0.05, 0.1) is 22.4 Å². The molecule has 0 amide bonds. The fraction of sp³-hybridized carbons (Fsp3) is 0.200. The number of hydrogen-bond acceptors (Lipinski definition) is 2. The Morgan fingerprint density at radius 3 is 2.48 bits per heavy atom. The molecule has 2 heterocycles. The van der Waals surface area contributed by atoms with Crippen LogP contribution in [-0.4, -0.2) is 0 Å². The largest absolute Gasteiger partial charge is 0.222 e. The third kappa shape index (κ3) is 3.05. The molecule has 0 radical (unpaired) electrons. The van der Waals surface area contributed by atoms with E-state index in [0.29, 0.717) is 0 Å². The van der Waals surface area contributed by atoms with Gasteiger partial charge in [0.2, 0.25) is 5.69 Å². The normalized spacial score (nSPS) is 12.8. The van der Waals surface area contributed by atoms with Gasteiger partial charge in [0.15, 0.2) is 6.20 Å². The number of benzene rings is 4. The van der Waals surface area contributed by atoms with Gasteiger partial charge in [-0.3, -0.25) is 0 Å². The summed E-state index contributed by atoms with van der Waals surface area (Å²) in [5.41, 5.74) is 4.82. The summed E-state index contributed by atoms with van der Waals surface area (Å²) in [5.74, 6) is 0. The lowest BCUT2D eigenvalue weighted by Crippen LogP contribution is -2.31. The van der Waals surface area contributed by atoms with Crippen LogP contribution in [0.2, 0.25) is 0 Å². The third-order valence-electron chi connectivity index (χ3n) is 6.94. The molecule has 0 unspecified atom stereocenters. The number of aromatic nitrogens is 1. The highest BCUT2D eigenvalue weighted by Crippen LogP contribution is 2.50. The molecule has 1 aliphatic rings. The predicted molar refractivity (Wildman–Crippen MR) is 138 cm³/mol. The Balaban J connectivity index is 1.69. The van der Waals surface area contributed by atoms with E-state index >= 15 is 0 Å². The third-order valence-corrected chi connectivity index (χ3v) is 8.03. The fourth-order valence-corrected chi connectivity index (χ4v) is 6.60. The van der Waals surface area contributed by atoms with Crippen LogP contribution in [0.15, 0.2) is 76.7 Å². The van der Waals surface area contributed by atoms with Crippen LogP contribution >= 0.6 is 11.8 Å². The van der Waals surface area contributed by atoms with E-state index in [4.69, 9.17) is 0 Å². The smallest absolute Gasteiger partial charge is 0.200 e. The maximum Gasteiger partial charge on any atom is 0.222 e. The van der Waals surface area contributed by atoms with Crippen LogP contribution in [0.3, 0.4) is 0 Å². The van der Waals surface area contributed by atoms with Crippen LogP contribution in [-0.2, 0) is 13.5 Å². The molecule has 0 atom stereocenters. The number of pyridine rings is 1. The Bertz CT molecular complexity index is 1670. The number of rotatable bonds is 2. The first-order chi connectivity index (χ1) is 15.9. The number of nitriles is 1. The summed E-state index contributed by atoms with van der Waals surface area (Å²) in [6.45, 7) is 6.28. The lowest BCUT2D eigenvalue weighted by atomic mass is 9.86. The van der Waals surface area contributed by atoms with Gasteiger partial charge >= 0.3 is 0 Å². The second-order valence-corrected chi connectivity index (χ2v) is 10.9. The van der Waals surface area contributed by atoms with Gasteiger partial charge in [0.1, 0.15) is 7.05 Å². The summed E-state index contributed by atoms with van der Waals surface area (Å²) in [7, 11) is 2.16. The molecular formula is C30H25N2S+. The van der Waals surface area contributed by atoms with E-state index < -0.39 is 0 Å². The monoisotopic (exact) mass is 445 g/mol. The molecule has 4 aromatic carbocycles. The lowest BCUT2D eigenvalue weighted by Gasteiger charge is -2.22. The van der Waals surface area contributed by atoms with Gasteiger partial charge in [-0.15, -0.1) is 0 Å². The van der Waals surface area contributed by atoms with Gasteiger partial charge in [-0.1, -0.05) is 54.2 Å². The molecule has 0 aliphatic carbocycles. The number of nitrogens with zero attached hydrogens (tertiary/aromatic N) is 2. The van der Waals surface area contributed by atoms with Gasteiger partial charge in [0, 0.05) is 21.2 Å². The van der Waals surface area contributed by atoms with Crippen LogP contribution in [0.1, 0.15) is 25.0 Å². The van der Waals surface area contributed by atoms with Gasteiger partial charge in [-0.25, -0.2) is 4.57 Å². The first-order valence-electron chi connectivity index (χ1n) is 11.4. The summed E-state index contributed by atoms with van der Waals surface area (Å²) >= 11 is 1.89. The molecule has 2 nitrogen and oxygen atoms in total. The molecule has 0 saturated carbocycles. The second kappa shape index (κ2) is 7.07. The van der Waals surface area contributed by atoms with Crippen LogP contribution in [0.4, 0.5) is 0 Å². The molecule has 0 N–H and O–H groups in total. The Hall–Kier alpha value is -3.35. The Morgan fingerprint density at radius 1 is 0.909 bits per heavy atom. The van der Waals surface area contributed by atoms with E-state index in [9.17, 15) is 5.26 Å². The van der Waals surface area contributed by atoms with Gasteiger partial charge in [0.25, 0.3) is 0 Å². The summed E-state index contributed by atoms with van der Waals surface area (Å²) in [5, 5.41) is 17.3. The molecule has 0 fully saturated rings. The minimum absolute atomic E-state index is 0.376. The van der Waals surface area contributed by atoms with Crippen LogP contribution in [0.5, 0.6) is 0 Å². The minimum atomic E-state index is -0.376. The van der Waals surface area contributed by atoms with Crippen molar-refractivity contribution >= 4 is 44.1 Å². The molecule has 5 aromatic rings. The SMILES string of the molecule is Cc1c2c(cc3ccccc13)Sc1cc3ccc(CC(C)(C)C#N)cc3c3cc[n+](C)c-2c13. The van der Waals surface area contributed by atoms with Crippen molar-refractivity contribution in [2.45, 2.75) is 37.0 Å². The van der Waals surface area contributed by atoms with Crippen LogP contribution in [0.25, 0.3) is 43.6 Å². The summed E-state index contributed by atoms with van der Waals surface area (Å²) < 4.78 is 2.28. The van der Waals surface area contributed by atoms with Crippen molar-refractivity contribution in [2.75, 3.05) is 0 Å². The maximum absolute atomic E-state index is 9.52. The fourth-order valence-electron chi connectivity index (χ4n) is 5.33. The molecule has 1 aromatic heterocycles. The van der Waals surface area contributed by atoms with Crippen molar-refractivity contribution in [3.05, 3.63) is 78.0 Å². The van der Waals surface area contributed by atoms with Crippen molar-refractivity contribution in [1.82, 2.24) is 0 Å². The van der Waals surface area contributed by atoms with Gasteiger partial charge in [-0.2, -0.15) is 5.26 Å². The zero-order valence-electron chi connectivity index (χ0n) is 19.4. The molecule has 1 aliphatic heterocycles. The minimum Gasteiger partial charge on any atom is -0.200 e. The average molecular weight is 446 g/mol. The molecule has 3 heteroatoms. The summed E-state index contributed by atoms with van der Waals surface area (Å²) in [6.07, 6.45) is 2.94. The van der Waals surface area contributed by atoms with E-state index in [1.165, 1.54) is 64.5 Å². The maximum atomic E-state index is 9.52. The Morgan fingerprint density at radius 2 is 1.67 bits per heavy atom. The number of hydrogen-bond donors (Lipinski definition) is 0. The van der Waals surface area contributed by atoms with E-state index in [-0.39, 0.29) is 5.41 Å². The van der Waals surface area contributed by atoms with Crippen molar-refractivity contribution in [3.63, 3.8) is 0 Å². The second-order valence-electron chi connectivity index (χ2n) is 9.86. The standard InChI is InChI=1S/C30H25N2S/c1-18-22-8-6-5-7-20(22)14-25-27(18)29-28-23(11-12-32(29)4)24-13-19(16-30(2,3)17-31)9-10-21(24)15-26(28)33-25/h5-15H,16H2,1-4H3/q+1. The number of aryl methyl sites for hydroxylation is 2. The number of fused-ring (bicyclic) bond motifs is 5. The lowest BCUT2D eigenvalue weighted by molar-refractivity contribution is -0.659. The van der Waals surface area contributed by atoms with Gasteiger partial charge < -0.3 is 0 Å². The Labute approximate surface area is 198 Å². The molecule has 0 spiro atoms. The van der Waals surface area contributed by atoms with Crippen molar-refractivity contribution < 1.29 is 4.57 Å². The van der Waals surface area contributed by atoms with Crippen molar-refractivity contribution in [3.8, 4) is 17.3 Å². The zero-order valence-corrected chi connectivity index (χ0v) is 20.2. The van der Waals surface area contributed by atoms with Gasteiger partial charge in [-0.05, 0) is 72.0 Å². The Kier molecular flexibility index (Phi) is 4.34. The molecule has 0 bridgehead atoms. The van der Waals surface area contributed by atoms with Crippen molar-refractivity contribution in [2.24, 2.45) is 12.5 Å². The van der Waals surface area contributed by atoms with Crippen LogP contribution in [0, 0.1) is 23.7 Å². The summed E-state index contributed by atoms with van der Waals surface area (Å²) in [6, 6.07) is 24.8. The van der Waals surface area contributed by atoms with E-state index in [0.717, 1.165) is 6.42 Å². The predicted octanol–water partition coefficient (Wildman–Crippen LogP) is 7.50. The zero-order chi connectivity index (χ0) is 22.9. The highest BCUT2D eigenvalue weighted by molar-refractivity contribution is 7.99. The highest BCUT2D eigenvalue weighted by Gasteiger charge is 2.30. The quantitative estimate of drug-likeness (QED) is 0.204. The molecular weight excluding hydrogens is 420 g/mol. The molecule has 6 rings (SSSR count). The van der Waals surface area contributed by atoms with E-state index in [1.807, 2.05) is 25.6 Å². The van der Waals surface area contributed by atoms with E-state index in [1.54, 1.807) is 0 Å². The topological polar surface area (TPSA) is 27.7 Å². The van der Waals surface area contributed by atoms with Crippen molar-refractivity contribution in [1.29, 1.82) is 5.26 Å². The first-order valence-corrected chi connectivity index (χ1v) is 12.2.